The van der Waals surface area contributed by atoms with Crippen LogP contribution in [0, 0.1) is 12.7 Å². The number of halogens is 1. The van der Waals surface area contributed by atoms with Gasteiger partial charge in [-0.25, -0.2) is 14.4 Å². The van der Waals surface area contributed by atoms with E-state index < -0.39 is 0 Å². The van der Waals surface area contributed by atoms with Crippen LogP contribution in [-0.4, -0.2) is 51.3 Å². The third-order valence-electron chi connectivity index (χ3n) is 5.60. The Balaban J connectivity index is 1.37. The van der Waals surface area contributed by atoms with Crippen molar-refractivity contribution in [1.82, 2.24) is 19.2 Å². The molecule has 0 unspecified atom stereocenters. The Morgan fingerprint density at radius 1 is 1.00 bits per heavy atom. The first-order valence-electron chi connectivity index (χ1n) is 10.1. The molecule has 156 valence electrons. The summed E-state index contributed by atoms with van der Waals surface area (Å²) in [5.41, 5.74) is 4.07. The Morgan fingerprint density at radius 2 is 1.74 bits per heavy atom. The summed E-state index contributed by atoms with van der Waals surface area (Å²) in [6, 6.07) is 14.0. The highest BCUT2D eigenvalue weighted by Crippen LogP contribution is 2.34. The van der Waals surface area contributed by atoms with Crippen LogP contribution in [0.15, 0.2) is 54.9 Å². The lowest BCUT2D eigenvalue weighted by Gasteiger charge is -2.35. The second-order valence-corrected chi connectivity index (χ2v) is 8.28. The van der Waals surface area contributed by atoms with Gasteiger partial charge in [0.1, 0.15) is 28.1 Å². The first-order chi connectivity index (χ1) is 15.1. The van der Waals surface area contributed by atoms with Crippen LogP contribution in [0.5, 0.6) is 0 Å². The number of amides is 1. The summed E-state index contributed by atoms with van der Waals surface area (Å²) in [5.74, 6) is 0.623. The predicted octanol–water partition coefficient (Wildman–Crippen LogP) is 4.16. The monoisotopic (exact) mass is 433 g/mol. The van der Waals surface area contributed by atoms with E-state index in [1.165, 1.54) is 23.7 Å². The number of nitrogens with zero attached hydrogens (tertiary/aromatic N) is 5. The van der Waals surface area contributed by atoms with Gasteiger partial charge in [-0.1, -0.05) is 18.2 Å². The Hall–Kier alpha value is -3.39. The van der Waals surface area contributed by atoms with E-state index in [-0.39, 0.29) is 11.7 Å². The Bertz CT molecular complexity index is 1250. The molecule has 0 spiro atoms. The summed E-state index contributed by atoms with van der Waals surface area (Å²) in [5, 5.41) is 0. The van der Waals surface area contributed by atoms with Gasteiger partial charge in [0.2, 0.25) is 0 Å². The zero-order valence-electron chi connectivity index (χ0n) is 17.0. The lowest BCUT2D eigenvalue weighted by Crippen LogP contribution is -2.49. The van der Waals surface area contributed by atoms with Crippen molar-refractivity contribution in [2.75, 3.05) is 31.1 Å². The molecule has 0 atom stereocenters. The number of rotatable bonds is 3. The molecule has 0 saturated carbocycles. The number of aryl methyl sites for hydroxylation is 1. The number of anilines is 1. The molecule has 1 saturated heterocycles. The molecule has 1 aliphatic heterocycles. The molecule has 1 amide bonds. The standard InChI is InChI=1S/C23H20FN5OS/c1-15-4-2-3-5-18(15)23(30)29-12-10-28(11-13-29)22-21-20(25-14-26-22)19(27-31-21)16-6-8-17(24)9-7-16/h2-9,14H,10-13H2,1H3. The van der Waals surface area contributed by atoms with E-state index in [0.717, 1.165) is 38.4 Å². The van der Waals surface area contributed by atoms with Crippen LogP contribution in [0.2, 0.25) is 0 Å². The van der Waals surface area contributed by atoms with Gasteiger partial charge in [0.15, 0.2) is 5.82 Å². The average molecular weight is 434 g/mol. The molecule has 2 aromatic carbocycles. The average Bonchev–Trinajstić information content (AvgIpc) is 3.24. The zero-order valence-corrected chi connectivity index (χ0v) is 17.8. The maximum absolute atomic E-state index is 13.3. The van der Waals surface area contributed by atoms with Crippen LogP contribution >= 0.6 is 11.5 Å². The van der Waals surface area contributed by atoms with E-state index in [1.807, 2.05) is 36.1 Å². The fourth-order valence-corrected chi connectivity index (χ4v) is 4.75. The van der Waals surface area contributed by atoms with Gasteiger partial charge in [-0.2, -0.15) is 4.37 Å². The molecule has 5 rings (SSSR count). The number of benzene rings is 2. The van der Waals surface area contributed by atoms with E-state index in [4.69, 9.17) is 0 Å². The normalized spacial score (nSPS) is 14.3. The summed E-state index contributed by atoms with van der Waals surface area (Å²) in [6.07, 6.45) is 1.55. The van der Waals surface area contributed by atoms with Crippen molar-refractivity contribution in [3.8, 4) is 11.3 Å². The van der Waals surface area contributed by atoms with Gasteiger partial charge in [0.25, 0.3) is 5.91 Å². The molecule has 1 aliphatic rings. The Kier molecular flexibility index (Phi) is 5.07. The smallest absolute Gasteiger partial charge is 0.254 e. The molecule has 6 nitrogen and oxygen atoms in total. The Morgan fingerprint density at radius 3 is 2.48 bits per heavy atom. The van der Waals surface area contributed by atoms with Crippen LogP contribution in [-0.2, 0) is 0 Å². The van der Waals surface area contributed by atoms with Crippen LogP contribution in [0.25, 0.3) is 21.5 Å². The fraction of sp³-hybridized carbons (Fsp3) is 0.217. The van der Waals surface area contributed by atoms with Gasteiger partial charge in [-0.05, 0) is 54.4 Å². The predicted molar refractivity (Wildman–Crippen MR) is 120 cm³/mol. The quantitative estimate of drug-likeness (QED) is 0.485. The van der Waals surface area contributed by atoms with Gasteiger partial charge >= 0.3 is 0 Å². The lowest BCUT2D eigenvalue weighted by molar-refractivity contribution is 0.0746. The summed E-state index contributed by atoms with van der Waals surface area (Å²) < 4.78 is 18.8. The highest BCUT2D eigenvalue weighted by Gasteiger charge is 2.26. The zero-order chi connectivity index (χ0) is 21.4. The van der Waals surface area contributed by atoms with Crippen molar-refractivity contribution in [2.45, 2.75) is 6.92 Å². The van der Waals surface area contributed by atoms with Crippen molar-refractivity contribution in [3.63, 3.8) is 0 Å². The molecule has 4 aromatic rings. The molecule has 2 aromatic heterocycles. The van der Waals surface area contributed by atoms with Crippen LogP contribution in [0.3, 0.4) is 0 Å². The maximum Gasteiger partial charge on any atom is 0.254 e. The van der Waals surface area contributed by atoms with Crippen LogP contribution in [0.1, 0.15) is 15.9 Å². The first-order valence-corrected chi connectivity index (χ1v) is 10.9. The van der Waals surface area contributed by atoms with E-state index in [2.05, 4.69) is 19.2 Å². The Labute approximate surface area is 183 Å². The second-order valence-electron chi connectivity index (χ2n) is 7.51. The highest BCUT2D eigenvalue weighted by atomic mass is 32.1. The molecule has 31 heavy (non-hydrogen) atoms. The molecular weight excluding hydrogens is 413 g/mol. The van der Waals surface area contributed by atoms with E-state index in [9.17, 15) is 9.18 Å². The van der Waals surface area contributed by atoms with Crippen molar-refractivity contribution in [3.05, 3.63) is 71.8 Å². The lowest BCUT2D eigenvalue weighted by atomic mass is 10.1. The number of fused-ring (bicyclic) bond motifs is 1. The van der Waals surface area contributed by atoms with Gasteiger partial charge in [0, 0.05) is 37.3 Å². The minimum atomic E-state index is -0.281. The van der Waals surface area contributed by atoms with E-state index in [1.54, 1.807) is 18.5 Å². The molecule has 8 heteroatoms. The largest absolute Gasteiger partial charge is 0.352 e. The van der Waals surface area contributed by atoms with Crippen molar-refractivity contribution in [2.24, 2.45) is 0 Å². The minimum absolute atomic E-state index is 0.0713. The number of hydrogen-bond donors (Lipinski definition) is 0. The van der Waals surface area contributed by atoms with Crippen molar-refractivity contribution in [1.29, 1.82) is 0 Å². The summed E-state index contributed by atoms with van der Waals surface area (Å²) in [6.45, 7) is 4.59. The number of hydrogen-bond acceptors (Lipinski definition) is 6. The topological polar surface area (TPSA) is 62.2 Å². The number of carbonyl (C=O) groups excluding carboxylic acids is 1. The van der Waals surface area contributed by atoms with E-state index in [0.29, 0.717) is 26.2 Å². The minimum Gasteiger partial charge on any atom is -0.352 e. The molecule has 1 fully saturated rings. The number of piperazine rings is 1. The van der Waals surface area contributed by atoms with Crippen LogP contribution in [0.4, 0.5) is 10.2 Å². The van der Waals surface area contributed by atoms with E-state index >= 15 is 0 Å². The SMILES string of the molecule is Cc1ccccc1C(=O)N1CCN(c2ncnc3c(-c4ccc(F)cc4)nsc23)CC1. The van der Waals surface area contributed by atoms with Crippen molar-refractivity contribution >= 4 is 33.5 Å². The third-order valence-corrected chi connectivity index (χ3v) is 6.43. The second kappa shape index (κ2) is 8.03. The van der Waals surface area contributed by atoms with Crippen molar-refractivity contribution < 1.29 is 9.18 Å². The third kappa shape index (κ3) is 3.63. The first kappa shape index (κ1) is 19.6. The molecular formula is C23H20FN5OS. The number of carbonyl (C=O) groups is 1. The maximum atomic E-state index is 13.3. The highest BCUT2D eigenvalue weighted by molar-refractivity contribution is 7.14. The number of aromatic nitrogens is 3. The molecule has 0 bridgehead atoms. The van der Waals surface area contributed by atoms with Gasteiger partial charge in [0.05, 0.1) is 0 Å². The molecule has 3 heterocycles. The summed E-state index contributed by atoms with van der Waals surface area (Å²) >= 11 is 1.35. The van der Waals surface area contributed by atoms with Gasteiger partial charge < -0.3 is 9.80 Å². The van der Waals surface area contributed by atoms with Gasteiger partial charge in [-0.3, -0.25) is 4.79 Å². The summed E-state index contributed by atoms with van der Waals surface area (Å²) in [7, 11) is 0. The molecule has 0 radical (unpaired) electrons. The molecule has 0 N–H and O–H groups in total. The van der Waals surface area contributed by atoms with Gasteiger partial charge in [-0.15, -0.1) is 0 Å². The molecule has 0 aliphatic carbocycles. The fourth-order valence-electron chi connectivity index (χ4n) is 3.88. The summed E-state index contributed by atoms with van der Waals surface area (Å²) in [4.78, 5) is 25.9. The van der Waals surface area contributed by atoms with Crippen LogP contribution < -0.4 is 4.90 Å².